The zero-order valence-corrected chi connectivity index (χ0v) is 11.8. The fraction of sp³-hybridized carbons (Fsp3) is 0.100. The van der Waals surface area contributed by atoms with Crippen LogP contribution < -0.4 is 5.73 Å². The second-order valence-corrected chi connectivity index (χ2v) is 5.32. The number of hydrogen-bond donors (Lipinski definition) is 2. The molecule has 0 unspecified atom stereocenters. The molecular formula is C10H10BrN5OS. The van der Waals surface area contributed by atoms with Crippen LogP contribution in [0, 0.1) is 0 Å². The molecule has 94 valence electrons. The summed E-state index contributed by atoms with van der Waals surface area (Å²) in [4.78, 5) is 0.973. The molecule has 0 saturated carbocycles. The van der Waals surface area contributed by atoms with Crippen molar-refractivity contribution in [3.63, 3.8) is 0 Å². The Labute approximate surface area is 116 Å². The van der Waals surface area contributed by atoms with Crippen LogP contribution in [0.2, 0.25) is 0 Å². The molecule has 0 amide bonds. The summed E-state index contributed by atoms with van der Waals surface area (Å²) in [5.74, 6) is 0.0749. The molecule has 0 bridgehead atoms. The van der Waals surface area contributed by atoms with Crippen molar-refractivity contribution in [3.8, 4) is 0 Å². The van der Waals surface area contributed by atoms with Crippen LogP contribution in [0.1, 0.15) is 5.56 Å². The van der Waals surface area contributed by atoms with E-state index in [9.17, 15) is 0 Å². The van der Waals surface area contributed by atoms with Gasteiger partial charge in [-0.25, -0.2) is 0 Å². The molecule has 3 N–H and O–H groups in total. The zero-order valence-electron chi connectivity index (χ0n) is 9.41. The molecule has 1 aromatic carbocycles. The van der Waals surface area contributed by atoms with Crippen LogP contribution in [0.25, 0.3) is 0 Å². The number of hydrogen-bond acceptors (Lipinski definition) is 5. The Balaban J connectivity index is 2.28. The van der Waals surface area contributed by atoms with E-state index in [0.29, 0.717) is 5.56 Å². The van der Waals surface area contributed by atoms with E-state index < -0.39 is 0 Å². The lowest BCUT2D eigenvalue weighted by Gasteiger charge is -2.05. The molecule has 2 aromatic rings. The van der Waals surface area contributed by atoms with Crippen molar-refractivity contribution in [2.45, 2.75) is 10.1 Å². The molecule has 1 aromatic heterocycles. The fourth-order valence-electron chi connectivity index (χ4n) is 1.26. The van der Waals surface area contributed by atoms with Gasteiger partial charge < -0.3 is 15.5 Å². The zero-order chi connectivity index (χ0) is 13.1. The number of rotatable bonds is 3. The lowest BCUT2D eigenvalue weighted by Crippen LogP contribution is -2.12. The Morgan fingerprint density at radius 1 is 1.56 bits per heavy atom. The molecular weight excluding hydrogens is 318 g/mol. The van der Waals surface area contributed by atoms with Crippen molar-refractivity contribution in [1.82, 2.24) is 14.8 Å². The van der Waals surface area contributed by atoms with Gasteiger partial charge in [-0.2, -0.15) is 0 Å². The highest BCUT2D eigenvalue weighted by atomic mass is 79.9. The highest BCUT2D eigenvalue weighted by molar-refractivity contribution is 9.10. The van der Waals surface area contributed by atoms with Crippen LogP contribution in [0.5, 0.6) is 0 Å². The standard InChI is InChI=1S/C10H10BrN5OS/c1-16-5-13-14-10(16)18-8-3-2-6(4-7(8)11)9(12)15-17/h2-5,17H,1H3,(H2,12,15). The van der Waals surface area contributed by atoms with Gasteiger partial charge in [-0.15, -0.1) is 10.2 Å². The van der Waals surface area contributed by atoms with Crippen LogP contribution in [0.15, 0.2) is 44.2 Å². The first kappa shape index (κ1) is 12.9. The van der Waals surface area contributed by atoms with E-state index in [0.717, 1.165) is 14.5 Å². The Kier molecular flexibility index (Phi) is 3.87. The molecule has 6 nitrogen and oxygen atoms in total. The third-order valence-electron chi connectivity index (χ3n) is 2.21. The first-order chi connectivity index (χ1) is 8.61. The van der Waals surface area contributed by atoms with Gasteiger partial charge in [-0.1, -0.05) is 5.16 Å². The first-order valence-electron chi connectivity index (χ1n) is 4.91. The Morgan fingerprint density at radius 2 is 2.33 bits per heavy atom. The SMILES string of the molecule is Cn1cnnc1Sc1ccc(/C(N)=N/O)cc1Br. The topological polar surface area (TPSA) is 89.3 Å². The Morgan fingerprint density at radius 3 is 2.89 bits per heavy atom. The van der Waals surface area contributed by atoms with Crippen LogP contribution in [-0.4, -0.2) is 25.8 Å². The number of halogens is 1. The van der Waals surface area contributed by atoms with E-state index in [4.69, 9.17) is 10.9 Å². The molecule has 0 radical (unpaired) electrons. The maximum atomic E-state index is 8.61. The second kappa shape index (κ2) is 5.40. The maximum Gasteiger partial charge on any atom is 0.195 e. The highest BCUT2D eigenvalue weighted by Gasteiger charge is 2.09. The minimum atomic E-state index is 0.0749. The molecule has 0 aliphatic carbocycles. The average molecular weight is 328 g/mol. The number of aryl methyl sites for hydroxylation is 1. The van der Waals surface area contributed by atoms with E-state index >= 15 is 0 Å². The fourth-order valence-corrected chi connectivity index (χ4v) is 2.65. The van der Waals surface area contributed by atoms with Crippen molar-refractivity contribution >= 4 is 33.5 Å². The molecule has 0 aliphatic heterocycles. The Bertz CT molecular complexity index is 598. The summed E-state index contributed by atoms with van der Waals surface area (Å²) in [5.41, 5.74) is 6.16. The largest absolute Gasteiger partial charge is 0.409 e. The van der Waals surface area contributed by atoms with Gasteiger partial charge in [0, 0.05) is 22.0 Å². The van der Waals surface area contributed by atoms with Crippen LogP contribution in [0.3, 0.4) is 0 Å². The number of benzene rings is 1. The maximum absolute atomic E-state index is 8.61. The number of amidine groups is 1. The van der Waals surface area contributed by atoms with Gasteiger partial charge in [0.2, 0.25) is 0 Å². The number of nitrogens with zero attached hydrogens (tertiary/aromatic N) is 4. The van der Waals surface area contributed by atoms with Crippen molar-refractivity contribution in [1.29, 1.82) is 0 Å². The van der Waals surface area contributed by atoms with Crippen LogP contribution >= 0.6 is 27.7 Å². The molecule has 0 spiro atoms. The molecule has 18 heavy (non-hydrogen) atoms. The summed E-state index contributed by atoms with van der Waals surface area (Å²) in [5, 5.41) is 20.2. The van der Waals surface area contributed by atoms with Crippen molar-refractivity contribution in [2.75, 3.05) is 0 Å². The monoisotopic (exact) mass is 327 g/mol. The van der Waals surface area contributed by atoms with Crippen molar-refractivity contribution in [3.05, 3.63) is 34.6 Å². The number of oxime groups is 1. The van der Waals surface area contributed by atoms with Gasteiger partial charge >= 0.3 is 0 Å². The van der Waals surface area contributed by atoms with Crippen LogP contribution in [0.4, 0.5) is 0 Å². The Hall–Kier alpha value is -1.54. The summed E-state index contributed by atoms with van der Waals surface area (Å²) in [7, 11) is 1.88. The van der Waals surface area contributed by atoms with Gasteiger partial charge in [0.25, 0.3) is 0 Å². The normalized spacial score (nSPS) is 11.8. The summed E-state index contributed by atoms with van der Waals surface area (Å²) in [6.45, 7) is 0. The van der Waals surface area contributed by atoms with Gasteiger partial charge in [-0.05, 0) is 45.9 Å². The molecule has 1 heterocycles. The van der Waals surface area contributed by atoms with Crippen molar-refractivity contribution < 1.29 is 5.21 Å². The van der Waals surface area contributed by atoms with E-state index in [-0.39, 0.29) is 5.84 Å². The van der Waals surface area contributed by atoms with Crippen LogP contribution in [-0.2, 0) is 7.05 Å². The molecule has 0 saturated heterocycles. The summed E-state index contributed by atoms with van der Waals surface area (Å²) in [6.07, 6.45) is 1.64. The van der Waals surface area contributed by atoms with Gasteiger partial charge in [0.1, 0.15) is 6.33 Å². The highest BCUT2D eigenvalue weighted by Crippen LogP contribution is 2.32. The third kappa shape index (κ3) is 2.65. The van der Waals surface area contributed by atoms with Gasteiger partial charge in [0.15, 0.2) is 11.0 Å². The summed E-state index contributed by atoms with van der Waals surface area (Å²) in [6, 6.07) is 5.43. The minimum Gasteiger partial charge on any atom is -0.409 e. The predicted molar refractivity (Wildman–Crippen MR) is 71.8 cm³/mol. The molecule has 0 atom stereocenters. The van der Waals surface area contributed by atoms with Crippen molar-refractivity contribution in [2.24, 2.45) is 17.9 Å². The summed E-state index contributed by atoms with van der Waals surface area (Å²) >= 11 is 4.92. The molecule has 8 heteroatoms. The molecule has 2 rings (SSSR count). The molecule has 0 aliphatic rings. The van der Waals surface area contributed by atoms with Gasteiger partial charge in [0.05, 0.1) is 0 Å². The quantitative estimate of drug-likeness (QED) is 0.388. The second-order valence-electron chi connectivity index (χ2n) is 3.46. The smallest absolute Gasteiger partial charge is 0.195 e. The third-order valence-corrected chi connectivity index (χ3v) is 4.25. The number of aromatic nitrogens is 3. The minimum absolute atomic E-state index is 0.0749. The van der Waals surface area contributed by atoms with E-state index in [1.165, 1.54) is 11.8 Å². The first-order valence-corrected chi connectivity index (χ1v) is 6.52. The average Bonchev–Trinajstić information content (AvgIpc) is 2.76. The number of nitrogens with two attached hydrogens (primary N) is 1. The van der Waals surface area contributed by atoms with E-state index in [2.05, 4.69) is 31.3 Å². The van der Waals surface area contributed by atoms with E-state index in [1.54, 1.807) is 18.5 Å². The lowest BCUT2D eigenvalue weighted by atomic mass is 10.2. The molecule has 0 fully saturated rings. The summed E-state index contributed by atoms with van der Waals surface area (Å²) < 4.78 is 2.67. The lowest BCUT2D eigenvalue weighted by molar-refractivity contribution is 0.318. The van der Waals surface area contributed by atoms with Gasteiger partial charge in [-0.3, -0.25) is 0 Å². The van der Waals surface area contributed by atoms with E-state index in [1.807, 2.05) is 17.7 Å². The predicted octanol–water partition coefficient (Wildman–Crippen LogP) is 1.82.